The van der Waals surface area contributed by atoms with Gasteiger partial charge in [0.05, 0.1) is 6.20 Å². The summed E-state index contributed by atoms with van der Waals surface area (Å²) in [6.45, 7) is 6.33. The second-order valence-corrected chi connectivity index (χ2v) is 4.40. The van der Waals surface area contributed by atoms with Crippen molar-refractivity contribution < 1.29 is 0 Å². The van der Waals surface area contributed by atoms with Crippen LogP contribution in [-0.2, 0) is 13.1 Å². The van der Waals surface area contributed by atoms with Crippen molar-refractivity contribution >= 4 is 12.4 Å². The molecule has 1 atom stereocenters. The number of nitrogens with zero attached hydrogens (tertiary/aromatic N) is 3. The van der Waals surface area contributed by atoms with Gasteiger partial charge in [-0.25, -0.2) is 0 Å². The molecule has 0 aromatic carbocycles. The number of nitrogens with two attached hydrogens (primary N) is 1. The third kappa shape index (κ3) is 3.47. The van der Waals surface area contributed by atoms with Crippen molar-refractivity contribution in [3.63, 3.8) is 0 Å². The van der Waals surface area contributed by atoms with Gasteiger partial charge in [-0.2, -0.15) is 5.10 Å². The van der Waals surface area contributed by atoms with Crippen molar-refractivity contribution in [2.75, 3.05) is 13.1 Å². The van der Waals surface area contributed by atoms with E-state index in [0.29, 0.717) is 6.04 Å². The maximum Gasteiger partial charge on any atom is 0.0534 e. The lowest BCUT2D eigenvalue weighted by molar-refractivity contribution is 0.327. The molecule has 1 aromatic rings. The molecule has 0 radical (unpaired) electrons. The van der Waals surface area contributed by atoms with Crippen molar-refractivity contribution in [1.82, 2.24) is 14.7 Å². The van der Waals surface area contributed by atoms with Crippen LogP contribution in [0.5, 0.6) is 0 Å². The summed E-state index contributed by atoms with van der Waals surface area (Å²) in [6.07, 6.45) is 6.38. The van der Waals surface area contributed by atoms with Gasteiger partial charge >= 0.3 is 0 Å². The van der Waals surface area contributed by atoms with Crippen LogP contribution in [0.2, 0.25) is 0 Å². The lowest BCUT2D eigenvalue weighted by Gasteiger charge is -2.13. The Balaban J connectivity index is 0.00000128. The third-order valence-corrected chi connectivity index (χ3v) is 2.85. The molecule has 2 heterocycles. The molecule has 0 amide bonds. The van der Waals surface area contributed by atoms with Gasteiger partial charge in [0.15, 0.2) is 0 Å². The van der Waals surface area contributed by atoms with E-state index in [-0.39, 0.29) is 12.4 Å². The molecule has 1 aromatic heterocycles. The number of halogens is 1. The Morgan fingerprint density at radius 1 is 1.56 bits per heavy atom. The van der Waals surface area contributed by atoms with Crippen LogP contribution in [0.1, 0.15) is 25.3 Å². The first-order chi connectivity index (χ1) is 7.28. The van der Waals surface area contributed by atoms with Gasteiger partial charge in [-0.1, -0.05) is 6.92 Å². The molecule has 4 nitrogen and oxygen atoms in total. The minimum atomic E-state index is 0. The molecule has 1 saturated heterocycles. The molecule has 1 fully saturated rings. The van der Waals surface area contributed by atoms with Crippen LogP contribution in [0.3, 0.4) is 0 Å². The van der Waals surface area contributed by atoms with E-state index in [9.17, 15) is 0 Å². The van der Waals surface area contributed by atoms with Gasteiger partial charge in [-0.15, -0.1) is 12.4 Å². The molecule has 0 saturated carbocycles. The molecular formula is C11H21ClN4. The minimum Gasteiger partial charge on any atom is -0.326 e. The minimum absolute atomic E-state index is 0. The first kappa shape index (κ1) is 13.5. The predicted octanol–water partition coefficient (Wildman–Crippen LogP) is 1.25. The summed E-state index contributed by atoms with van der Waals surface area (Å²) in [4.78, 5) is 2.40. The number of aromatic nitrogens is 2. The molecule has 1 aliphatic rings. The molecule has 0 bridgehead atoms. The summed E-state index contributed by atoms with van der Waals surface area (Å²) < 4.78 is 2.02. The summed E-state index contributed by atoms with van der Waals surface area (Å²) in [5, 5.41) is 4.33. The van der Waals surface area contributed by atoms with Crippen molar-refractivity contribution in [3.8, 4) is 0 Å². The highest BCUT2D eigenvalue weighted by molar-refractivity contribution is 5.85. The van der Waals surface area contributed by atoms with E-state index in [1.54, 1.807) is 0 Å². The van der Waals surface area contributed by atoms with Crippen LogP contribution in [0.4, 0.5) is 0 Å². The van der Waals surface area contributed by atoms with Crippen molar-refractivity contribution in [3.05, 3.63) is 18.0 Å². The summed E-state index contributed by atoms with van der Waals surface area (Å²) in [5.74, 6) is 0. The topological polar surface area (TPSA) is 47.1 Å². The van der Waals surface area contributed by atoms with Gasteiger partial charge in [0.1, 0.15) is 0 Å². The lowest BCUT2D eigenvalue weighted by atomic mass is 10.3. The maximum absolute atomic E-state index is 5.87. The van der Waals surface area contributed by atoms with Crippen LogP contribution in [0.25, 0.3) is 0 Å². The molecule has 92 valence electrons. The molecule has 2 rings (SSSR count). The summed E-state index contributed by atoms with van der Waals surface area (Å²) in [5.41, 5.74) is 7.17. The number of rotatable bonds is 4. The van der Waals surface area contributed by atoms with Gasteiger partial charge in [0.2, 0.25) is 0 Å². The lowest BCUT2D eigenvalue weighted by Crippen LogP contribution is -2.26. The SMILES string of the molecule is CCCn1cc(CN2CC[C@@H](N)C2)cn1.Cl. The van der Waals surface area contributed by atoms with Gasteiger partial charge in [-0.3, -0.25) is 9.58 Å². The Bertz CT molecular complexity index is 313. The zero-order valence-electron chi connectivity index (χ0n) is 9.80. The third-order valence-electron chi connectivity index (χ3n) is 2.85. The van der Waals surface area contributed by atoms with Crippen molar-refractivity contribution in [1.29, 1.82) is 0 Å². The first-order valence-corrected chi connectivity index (χ1v) is 5.77. The number of hydrogen-bond acceptors (Lipinski definition) is 3. The standard InChI is InChI=1S/C11H20N4.ClH/c1-2-4-15-8-10(6-13-15)7-14-5-3-11(12)9-14;/h6,8,11H,2-5,7,9,12H2,1H3;1H/t11-;/m1./s1. The first-order valence-electron chi connectivity index (χ1n) is 5.77. The average Bonchev–Trinajstić information content (AvgIpc) is 2.78. The summed E-state index contributed by atoms with van der Waals surface area (Å²) in [6, 6.07) is 0.371. The smallest absolute Gasteiger partial charge is 0.0534 e. The van der Waals surface area contributed by atoms with Crippen molar-refractivity contribution in [2.24, 2.45) is 5.73 Å². The number of likely N-dealkylation sites (tertiary alicyclic amines) is 1. The zero-order valence-corrected chi connectivity index (χ0v) is 10.6. The summed E-state index contributed by atoms with van der Waals surface area (Å²) >= 11 is 0. The molecule has 0 spiro atoms. The van der Waals surface area contributed by atoms with Crippen LogP contribution in [0, 0.1) is 0 Å². The van der Waals surface area contributed by atoms with Gasteiger partial charge in [0, 0.05) is 44.0 Å². The molecule has 0 unspecified atom stereocenters. The van der Waals surface area contributed by atoms with E-state index in [1.807, 2.05) is 10.9 Å². The quantitative estimate of drug-likeness (QED) is 0.867. The monoisotopic (exact) mass is 244 g/mol. The Morgan fingerprint density at radius 2 is 2.38 bits per heavy atom. The van der Waals surface area contributed by atoms with Crippen LogP contribution in [0.15, 0.2) is 12.4 Å². The Morgan fingerprint density at radius 3 is 3.00 bits per heavy atom. The number of aryl methyl sites for hydroxylation is 1. The highest BCUT2D eigenvalue weighted by atomic mass is 35.5. The highest BCUT2D eigenvalue weighted by Gasteiger charge is 2.19. The van der Waals surface area contributed by atoms with E-state index < -0.39 is 0 Å². The summed E-state index contributed by atoms with van der Waals surface area (Å²) in [7, 11) is 0. The molecular weight excluding hydrogens is 224 g/mol. The predicted molar refractivity (Wildman–Crippen MR) is 67.6 cm³/mol. The van der Waals surface area contributed by atoms with E-state index >= 15 is 0 Å². The Labute approximate surface area is 103 Å². The second-order valence-electron chi connectivity index (χ2n) is 4.40. The van der Waals surface area contributed by atoms with Gasteiger partial charge in [0.25, 0.3) is 0 Å². The normalized spacial score (nSPS) is 21.0. The number of hydrogen-bond donors (Lipinski definition) is 1. The van der Waals surface area contributed by atoms with Crippen LogP contribution >= 0.6 is 12.4 Å². The fourth-order valence-corrected chi connectivity index (χ4v) is 2.10. The van der Waals surface area contributed by atoms with E-state index in [4.69, 9.17) is 5.73 Å². The van der Waals surface area contributed by atoms with Gasteiger partial charge in [-0.05, 0) is 12.8 Å². The Hall–Kier alpha value is -0.580. The van der Waals surface area contributed by atoms with Crippen molar-refractivity contribution in [2.45, 2.75) is 38.9 Å². The van der Waals surface area contributed by atoms with E-state index in [0.717, 1.165) is 39.0 Å². The Kier molecular flexibility index (Phi) is 5.25. The van der Waals surface area contributed by atoms with E-state index in [2.05, 4.69) is 23.1 Å². The fourth-order valence-electron chi connectivity index (χ4n) is 2.10. The molecule has 1 aliphatic heterocycles. The molecule has 2 N–H and O–H groups in total. The van der Waals surface area contributed by atoms with Crippen LogP contribution in [-0.4, -0.2) is 33.8 Å². The average molecular weight is 245 g/mol. The largest absolute Gasteiger partial charge is 0.326 e. The van der Waals surface area contributed by atoms with Crippen LogP contribution < -0.4 is 5.73 Å². The zero-order chi connectivity index (χ0) is 10.7. The molecule has 0 aliphatic carbocycles. The van der Waals surface area contributed by atoms with Gasteiger partial charge < -0.3 is 5.73 Å². The maximum atomic E-state index is 5.87. The second kappa shape index (κ2) is 6.23. The van der Waals surface area contributed by atoms with E-state index in [1.165, 1.54) is 5.56 Å². The molecule has 16 heavy (non-hydrogen) atoms. The molecule has 5 heteroatoms. The highest BCUT2D eigenvalue weighted by Crippen LogP contribution is 2.11. The fraction of sp³-hybridized carbons (Fsp3) is 0.727.